The summed E-state index contributed by atoms with van der Waals surface area (Å²) in [6.07, 6.45) is 0. The molecule has 0 N–H and O–H groups in total. The highest BCUT2D eigenvalue weighted by atomic mass is 16.2. The molecule has 4 heteroatoms. The molecule has 2 aliphatic rings. The molecule has 1 atom stereocenters. The van der Waals surface area contributed by atoms with Crippen molar-refractivity contribution in [3.05, 3.63) is 28.8 Å². The Hall–Kier alpha value is -1.84. The summed E-state index contributed by atoms with van der Waals surface area (Å²) >= 11 is 0. The van der Waals surface area contributed by atoms with E-state index in [9.17, 15) is 4.79 Å². The average Bonchev–Trinajstić information content (AvgIpc) is 2.63. The Kier molecular flexibility index (Phi) is 2.24. The van der Waals surface area contributed by atoms with Gasteiger partial charge in [-0.3, -0.25) is 4.79 Å². The summed E-state index contributed by atoms with van der Waals surface area (Å²) in [5, 5.41) is 0. The van der Waals surface area contributed by atoms with Crippen LogP contribution in [-0.4, -0.2) is 29.9 Å². The molecule has 2 aliphatic heterocycles. The number of aliphatic imine (C=N–C) groups is 1. The van der Waals surface area contributed by atoms with Crippen molar-refractivity contribution < 1.29 is 4.79 Å². The highest BCUT2D eigenvalue weighted by Gasteiger charge is 2.38. The average molecular weight is 243 g/mol. The second-order valence-electron chi connectivity index (χ2n) is 5.12. The van der Waals surface area contributed by atoms with Gasteiger partial charge in [-0.05, 0) is 43.5 Å². The van der Waals surface area contributed by atoms with E-state index in [-0.39, 0.29) is 11.9 Å². The monoisotopic (exact) mass is 243 g/mol. The molecular formula is C14H17N3O. The predicted octanol–water partition coefficient (Wildman–Crippen LogP) is 1.84. The summed E-state index contributed by atoms with van der Waals surface area (Å²) < 4.78 is 0. The van der Waals surface area contributed by atoms with Crippen molar-refractivity contribution in [1.29, 1.82) is 0 Å². The van der Waals surface area contributed by atoms with Crippen LogP contribution in [-0.2, 0) is 11.3 Å². The van der Waals surface area contributed by atoms with Crippen molar-refractivity contribution in [2.24, 2.45) is 4.99 Å². The summed E-state index contributed by atoms with van der Waals surface area (Å²) in [7, 11) is 1.98. The van der Waals surface area contributed by atoms with Crippen LogP contribution in [0.25, 0.3) is 0 Å². The fourth-order valence-corrected chi connectivity index (χ4v) is 2.69. The van der Waals surface area contributed by atoms with Gasteiger partial charge >= 0.3 is 0 Å². The highest BCUT2D eigenvalue weighted by Crippen LogP contribution is 2.34. The maximum Gasteiger partial charge on any atom is 0.271 e. The van der Waals surface area contributed by atoms with E-state index in [1.807, 2.05) is 18.9 Å². The van der Waals surface area contributed by atoms with E-state index in [0.29, 0.717) is 0 Å². The summed E-state index contributed by atoms with van der Waals surface area (Å²) in [5.74, 6) is 0.738. The van der Waals surface area contributed by atoms with E-state index in [2.05, 4.69) is 35.9 Å². The molecule has 0 saturated heterocycles. The maximum absolute atomic E-state index is 11.7. The summed E-state index contributed by atoms with van der Waals surface area (Å²) in [4.78, 5) is 20.0. The lowest BCUT2D eigenvalue weighted by molar-refractivity contribution is -0.119. The molecule has 1 amide bonds. The minimum atomic E-state index is -0.143. The molecule has 18 heavy (non-hydrogen) atoms. The molecule has 0 aromatic heterocycles. The molecule has 0 spiro atoms. The third kappa shape index (κ3) is 1.32. The second kappa shape index (κ2) is 3.57. The first kappa shape index (κ1) is 11.3. The molecule has 94 valence electrons. The Morgan fingerprint density at radius 1 is 1.33 bits per heavy atom. The van der Waals surface area contributed by atoms with Gasteiger partial charge in [0.15, 0.2) is 0 Å². The van der Waals surface area contributed by atoms with Gasteiger partial charge in [0.1, 0.15) is 6.04 Å². The molecule has 3 rings (SSSR count). The number of hydrogen-bond acceptors (Lipinski definition) is 3. The highest BCUT2D eigenvalue weighted by molar-refractivity contribution is 6.10. The number of rotatable bonds is 0. The molecule has 1 unspecified atom stereocenters. The van der Waals surface area contributed by atoms with E-state index in [4.69, 9.17) is 0 Å². The van der Waals surface area contributed by atoms with Crippen molar-refractivity contribution in [3.8, 4) is 0 Å². The molecule has 0 radical (unpaired) electrons. The molecule has 0 fully saturated rings. The zero-order chi connectivity index (χ0) is 13.0. The van der Waals surface area contributed by atoms with Crippen LogP contribution in [0.15, 0.2) is 17.1 Å². The van der Waals surface area contributed by atoms with Crippen molar-refractivity contribution >= 4 is 17.6 Å². The predicted molar refractivity (Wildman–Crippen MR) is 71.8 cm³/mol. The first-order chi connectivity index (χ1) is 8.50. The number of anilines is 1. The van der Waals surface area contributed by atoms with Crippen LogP contribution < -0.4 is 4.90 Å². The van der Waals surface area contributed by atoms with Crippen LogP contribution in [0, 0.1) is 13.8 Å². The third-order valence-corrected chi connectivity index (χ3v) is 4.13. The van der Waals surface area contributed by atoms with Gasteiger partial charge in [-0.1, -0.05) is 6.07 Å². The summed E-state index contributed by atoms with van der Waals surface area (Å²) in [5.41, 5.74) is 5.07. The van der Waals surface area contributed by atoms with Crippen molar-refractivity contribution in [3.63, 3.8) is 0 Å². The molecule has 0 bridgehead atoms. The van der Waals surface area contributed by atoms with Gasteiger partial charge in [0.05, 0.1) is 0 Å². The van der Waals surface area contributed by atoms with Crippen molar-refractivity contribution in [2.75, 3.05) is 11.9 Å². The lowest BCUT2D eigenvalue weighted by atomic mass is 9.98. The zero-order valence-electron chi connectivity index (χ0n) is 11.2. The van der Waals surface area contributed by atoms with Crippen LogP contribution in [0.5, 0.6) is 0 Å². The van der Waals surface area contributed by atoms with Gasteiger partial charge in [0.2, 0.25) is 5.96 Å². The molecule has 1 aromatic rings. The number of fused-ring (bicyclic) bond motifs is 2. The molecule has 4 nitrogen and oxygen atoms in total. The first-order valence-corrected chi connectivity index (χ1v) is 6.22. The molecule has 1 aromatic carbocycles. The second-order valence-corrected chi connectivity index (χ2v) is 5.12. The topological polar surface area (TPSA) is 35.9 Å². The number of amides is 1. The Bertz CT molecular complexity index is 577. The number of aryl methyl sites for hydroxylation is 1. The first-order valence-electron chi connectivity index (χ1n) is 6.22. The normalized spacial score (nSPS) is 21.9. The minimum Gasteiger partial charge on any atom is -0.326 e. The van der Waals surface area contributed by atoms with Gasteiger partial charge in [-0.25, -0.2) is 0 Å². The van der Waals surface area contributed by atoms with Crippen LogP contribution >= 0.6 is 0 Å². The molecule has 0 aliphatic carbocycles. The number of carbonyl (C=O) groups excluding carboxylic acids is 1. The lowest BCUT2D eigenvalue weighted by Gasteiger charge is -2.37. The number of guanidine groups is 1. The van der Waals surface area contributed by atoms with Gasteiger partial charge < -0.3 is 9.80 Å². The minimum absolute atomic E-state index is 0.0426. The van der Waals surface area contributed by atoms with Crippen molar-refractivity contribution in [2.45, 2.75) is 33.4 Å². The van der Waals surface area contributed by atoms with Crippen LogP contribution in [0.3, 0.4) is 0 Å². The summed E-state index contributed by atoms with van der Waals surface area (Å²) in [6, 6.07) is 4.10. The standard InChI is InChI=1S/C14H17N3O/c1-8-5-6-12-11(9(8)2)7-17-10(3)13(18)15-14(17)16(12)4/h5-6,10H,7H2,1-4H3. The van der Waals surface area contributed by atoms with E-state index in [1.54, 1.807) is 0 Å². The number of carbonyl (C=O) groups is 1. The van der Waals surface area contributed by atoms with Gasteiger partial charge in [0, 0.05) is 19.3 Å². The fourth-order valence-electron chi connectivity index (χ4n) is 2.69. The Morgan fingerprint density at radius 2 is 2.06 bits per heavy atom. The van der Waals surface area contributed by atoms with Crippen LogP contribution in [0.1, 0.15) is 23.6 Å². The smallest absolute Gasteiger partial charge is 0.271 e. The Morgan fingerprint density at radius 3 is 2.78 bits per heavy atom. The largest absolute Gasteiger partial charge is 0.326 e. The number of hydrogen-bond donors (Lipinski definition) is 0. The van der Waals surface area contributed by atoms with Crippen molar-refractivity contribution in [1.82, 2.24) is 4.90 Å². The Balaban J connectivity index is 2.16. The van der Waals surface area contributed by atoms with Crippen LogP contribution in [0.2, 0.25) is 0 Å². The quantitative estimate of drug-likeness (QED) is 0.697. The molecule has 0 saturated carbocycles. The van der Waals surface area contributed by atoms with Crippen LogP contribution in [0.4, 0.5) is 5.69 Å². The van der Waals surface area contributed by atoms with E-state index < -0.39 is 0 Å². The molecular weight excluding hydrogens is 226 g/mol. The van der Waals surface area contributed by atoms with E-state index in [1.165, 1.54) is 16.7 Å². The maximum atomic E-state index is 11.7. The van der Waals surface area contributed by atoms with Gasteiger partial charge in [-0.15, -0.1) is 0 Å². The SMILES string of the molecule is Cc1ccc2c(c1C)CN1C(=NC(=O)C1C)N2C. The number of benzene rings is 1. The fraction of sp³-hybridized carbons (Fsp3) is 0.429. The summed E-state index contributed by atoms with van der Waals surface area (Å²) in [6.45, 7) is 6.96. The van der Waals surface area contributed by atoms with Gasteiger partial charge in [0.25, 0.3) is 5.91 Å². The zero-order valence-corrected chi connectivity index (χ0v) is 11.2. The Labute approximate surface area is 107 Å². The lowest BCUT2D eigenvalue weighted by Crippen LogP contribution is -2.47. The van der Waals surface area contributed by atoms with Gasteiger partial charge in [-0.2, -0.15) is 4.99 Å². The van der Waals surface area contributed by atoms with E-state index >= 15 is 0 Å². The third-order valence-electron chi connectivity index (χ3n) is 4.13. The molecule has 2 heterocycles. The number of nitrogens with zero attached hydrogens (tertiary/aromatic N) is 3. The van der Waals surface area contributed by atoms with E-state index in [0.717, 1.165) is 18.2 Å².